The smallest absolute Gasteiger partial charge is 0.126 e. The second kappa shape index (κ2) is 15.2. The first-order chi connectivity index (χ1) is 20.9. The Labute approximate surface area is 260 Å². The fourth-order valence-electron chi connectivity index (χ4n) is 6.12. The monoisotopic (exact) mass is 612 g/mol. The van der Waals surface area contributed by atoms with Crippen molar-refractivity contribution >= 4 is 0 Å². The van der Waals surface area contributed by atoms with Gasteiger partial charge in [0, 0.05) is 68.7 Å². The van der Waals surface area contributed by atoms with Gasteiger partial charge in [0.15, 0.2) is 0 Å². The van der Waals surface area contributed by atoms with E-state index in [1.807, 2.05) is 36.4 Å². The van der Waals surface area contributed by atoms with E-state index in [0.29, 0.717) is 33.4 Å². The zero-order chi connectivity index (χ0) is 32.7. The lowest BCUT2D eigenvalue weighted by Crippen LogP contribution is -2.44. The van der Waals surface area contributed by atoms with Crippen molar-refractivity contribution in [3.8, 4) is 17.2 Å². The molecular weight excluding hydrogens is 564 g/mol. The fraction of sp³-hybridized carbons (Fsp3) is 0.486. The number of hydrogen-bond donors (Lipinski definition) is 6. The van der Waals surface area contributed by atoms with Gasteiger partial charge in [-0.1, -0.05) is 39.0 Å². The van der Waals surface area contributed by atoms with E-state index in [1.54, 1.807) is 21.3 Å². The molecule has 0 aliphatic heterocycles. The Hall–Kier alpha value is -3.18. The Morgan fingerprint density at radius 3 is 1.09 bits per heavy atom. The van der Waals surface area contributed by atoms with Crippen LogP contribution in [0.1, 0.15) is 70.8 Å². The van der Waals surface area contributed by atoms with Gasteiger partial charge in [0.05, 0.1) is 19.8 Å². The second-order valence-electron chi connectivity index (χ2n) is 11.9. The third-order valence-electron chi connectivity index (χ3n) is 8.97. The van der Waals surface area contributed by atoms with Crippen LogP contribution in [0.15, 0.2) is 36.4 Å². The van der Waals surface area contributed by atoms with Gasteiger partial charge in [-0.3, -0.25) is 0 Å². The first-order valence-electron chi connectivity index (χ1n) is 14.8. The molecule has 0 saturated heterocycles. The molecule has 0 aliphatic rings. The van der Waals surface area contributed by atoms with Gasteiger partial charge >= 0.3 is 0 Å². The van der Waals surface area contributed by atoms with Gasteiger partial charge in [-0.25, -0.2) is 0 Å². The molecule has 0 radical (unpaired) electrons. The molecule has 0 aromatic heterocycles. The largest absolute Gasteiger partial charge is 0.507 e. The predicted molar refractivity (Wildman–Crippen MR) is 168 cm³/mol. The van der Waals surface area contributed by atoms with Gasteiger partial charge in [-0.15, -0.1) is 0 Å². The van der Waals surface area contributed by atoms with Crippen LogP contribution in [-0.4, -0.2) is 71.8 Å². The lowest BCUT2D eigenvalue weighted by atomic mass is 9.56. The van der Waals surface area contributed by atoms with E-state index in [-0.39, 0.29) is 76.2 Å². The summed E-state index contributed by atoms with van der Waals surface area (Å²) in [5.74, 6) is 0.208. The molecule has 3 aromatic carbocycles. The number of hydrogen-bond acceptors (Lipinski definition) is 9. The maximum Gasteiger partial charge on any atom is 0.126 e. The normalized spacial score (nSPS) is 13.3. The van der Waals surface area contributed by atoms with E-state index in [9.17, 15) is 30.6 Å². The molecule has 0 bridgehead atoms. The van der Waals surface area contributed by atoms with Crippen LogP contribution in [0.25, 0.3) is 0 Å². The summed E-state index contributed by atoms with van der Waals surface area (Å²) in [6.45, 7) is 6.25. The van der Waals surface area contributed by atoms with E-state index >= 15 is 0 Å². The van der Waals surface area contributed by atoms with Crippen LogP contribution in [0.5, 0.6) is 17.2 Å². The average molecular weight is 613 g/mol. The summed E-state index contributed by atoms with van der Waals surface area (Å²) in [5, 5.41) is 62.7. The molecule has 9 heteroatoms. The van der Waals surface area contributed by atoms with Crippen LogP contribution in [-0.2, 0) is 64.1 Å². The molecule has 0 fully saturated rings. The van der Waals surface area contributed by atoms with Crippen molar-refractivity contribution in [2.75, 3.05) is 41.2 Å². The van der Waals surface area contributed by atoms with E-state index < -0.39 is 10.8 Å². The molecule has 0 saturated carbocycles. The van der Waals surface area contributed by atoms with Crippen LogP contribution < -0.4 is 0 Å². The maximum absolute atomic E-state index is 11.1. The van der Waals surface area contributed by atoms with Crippen molar-refractivity contribution in [3.05, 3.63) is 86.5 Å². The van der Waals surface area contributed by atoms with Crippen LogP contribution in [0.3, 0.4) is 0 Å². The molecule has 242 valence electrons. The molecule has 3 aromatic rings. The third-order valence-corrected chi connectivity index (χ3v) is 8.97. The summed E-state index contributed by atoms with van der Waals surface area (Å²) in [6, 6.07) is 11.4. The zero-order valence-electron chi connectivity index (χ0n) is 26.7. The van der Waals surface area contributed by atoms with Crippen LogP contribution in [0, 0.1) is 0 Å². The Bertz CT molecular complexity index is 1270. The fourth-order valence-corrected chi connectivity index (χ4v) is 6.12. The number of aliphatic hydroxyl groups excluding tert-OH is 3. The molecule has 3 rings (SSSR count). The van der Waals surface area contributed by atoms with Gasteiger partial charge in [-0.2, -0.15) is 0 Å². The number of aromatic hydroxyl groups is 3. The van der Waals surface area contributed by atoms with Crippen LogP contribution >= 0.6 is 0 Å². The minimum Gasteiger partial charge on any atom is -0.507 e. The highest BCUT2D eigenvalue weighted by molar-refractivity contribution is 5.57. The summed E-state index contributed by atoms with van der Waals surface area (Å²) in [6.07, 6.45) is 0.677. The highest BCUT2D eigenvalue weighted by atomic mass is 16.5. The number of ether oxygens (including phenoxy) is 3. The Balaban J connectivity index is 2.51. The van der Waals surface area contributed by atoms with Gasteiger partial charge in [-0.05, 0) is 70.8 Å². The maximum atomic E-state index is 11.1. The van der Waals surface area contributed by atoms with Gasteiger partial charge < -0.3 is 44.8 Å². The molecule has 1 atom stereocenters. The predicted octanol–water partition coefficient (Wildman–Crippen LogP) is 4.13. The van der Waals surface area contributed by atoms with E-state index in [1.165, 1.54) is 0 Å². The number of rotatable bonds is 16. The number of aliphatic hydroxyl groups is 3. The Kier molecular flexibility index (Phi) is 12.2. The zero-order valence-corrected chi connectivity index (χ0v) is 26.7. The van der Waals surface area contributed by atoms with E-state index in [2.05, 4.69) is 20.8 Å². The highest BCUT2D eigenvalue weighted by Crippen LogP contribution is 2.52. The lowest BCUT2D eigenvalue weighted by Gasteiger charge is -2.47. The molecule has 0 aliphatic carbocycles. The van der Waals surface area contributed by atoms with Gasteiger partial charge in [0.2, 0.25) is 0 Å². The minimum atomic E-state index is -0.883. The van der Waals surface area contributed by atoms with Crippen molar-refractivity contribution in [2.24, 2.45) is 0 Å². The summed E-state index contributed by atoms with van der Waals surface area (Å²) >= 11 is 0. The van der Waals surface area contributed by atoms with Crippen LogP contribution in [0.4, 0.5) is 0 Å². The number of phenols is 3. The molecule has 0 heterocycles. The topological polar surface area (TPSA) is 149 Å². The molecular formula is C35H48O9. The molecule has 6 N–H and O–H groups in total. The summed E-state index contributed by atoms with van der Waals surface area (Å²) < 4.78 is 16.3. The lowest BCUT2D eigenvalue weighted by molar-refractivity contribution is 0.174. The molecule has 0 spiro atoms. The first-order valence-corrected chi connectivity index (χ1v) is 14.8. The standard InChI is InChI=1S/C35H48O9/c1-34(2,28-13-22(7-10-36)32(40)25(16-28)19-42-4)35(3,29-14-23(8-11-37)31(39)24(15-29)9-12-38)30-17-26(20-43-5)33(41)27(18-30)21-44-6/h13-18,36-41H,7-12,19-21H2,1-6H3. The summed E-state index contributed by atoms with van der Waals surface area (Å²) in [5.41, 5.74) is 4.32. The number of benzene rings is 3. The molecule has 9 nitrogen and oxygen atoms in total. The van der Waals surface area contributed by atoms with Gasteiger partial charge in [0.25, 0.3) is 0 Å². The quantitative estimate of drug-likeness (QED) is 0.140. The number of methoxy groups -OCH3 is 3. The van der Waals surface area contributed by atoms with Crippen LogP contribution in [0.2, 0.25) is 0 Å². The molecule has 44 heavy (non-hydrogen) atoms. The van der Waals surface area contributed by atoms with E-state index in [4.69, 9.17) is 14.2 Å². The van der Waals surface area contributed by atoms with Crippen molar-refractivity contribution in [1.29, 1.82) is 0 Å². The summed E-state index contributed by atoms with van der Waals surface area (Å²) in [7, 11) is 4.67. The third kappa shape index (κ3) is 6.88. The van der Waals surface area contributed by atoms with E-state index in [0.717, 1.165) is 16.7 Å². The molecule has 0 amide bonds. The number of phenolic OH excluding ortho intramolecular Hbond substituents is 3. The molecule has 1 unspecified atom stereocenters. The van der Waals surface area contributed by atoms with Gasteiger partial charge in [0.1, 0.15) is 17.2 Å². The van der Waals surface area contributed by atoms with Crippen molar-refractivity contribution < 1.29 is 44.8 Å². The minimum absolute atomic E-state index is 0.0418. The first kappa shape index (κ1) is 35.3. The SMILES string of the molecule is COCc1cc(C(C)(C)C(C)(c2cc(CCO)c(O)c(CCO)c2)c2cc(COC)c(O)c(COC)c2)cc(CCO)c1O. The highest BCUT2D eigenvalue weighted by Gasteiger charge is 2.46. The summed E-state index contributed by atoms with van der Waals surface area (Å²) in [4.78, 5) is 0. The second-order valence-corrected chi connectivity index (χ2v) is 11.9. The van der Waals surface area contributed by atoms with Crippen molar-refractivity contribution in [2.45, 2.75) is 70.7 Å². The Morgan fingerprint density at radius 2 is 0.750 bits per heavy atom. The Morgan fingerprint density at radius 1 is 0.477 bits per heavy atom. The average Bonchev–Trinajstić information content (AvgIpc) is 2.99. The van der Waals surface area contributed by atoms with Crippen molar-refractivity contribution in [3.63, 3.8) is 0 Å². The van der Waals surface area contributed by atoms with Crippen molar-refractivity contribution in [1.82, 2.24) is 0 Å².